The number of para-hydroxylation sites is 2. The zero-order valence-corrected chi connectivity index (χ0v) is 13.6. The summed E-state index contributed by atoms with van der Waals surface area (Å²) in [6.45, 7) is 0. The molecule has 0 N–H and O–H groups in total. The maximum atomic E-state index is 12.8. The lowest BCUT2D eigenvalue weighted by atomic mass is 9.84. The van der Waals surface area contributed by atoms with E-state index in [0.717, 1.165) is 4.57 Å². The summed E-state index contributed by atoms with van der Waals surface area (Å²) < 4.78 is 18.9. The number of oxazole rings is 1. The fourth-order valence-electron chi connectivity index (χ4n) is 3.08. The van der Waals surface area contributed by atoms with Crippen molar-refractivity contribution in [3.8, 4) is 0 Å². The number of rotatable bonds is 3. The monoisotopic (exact) mass is 341 g/mol. The molecule has 4 rings (SSSR count). The van der Waals surface area contributed by atoms with Crippen LogP contribution in [0.3, 0.4) is 0 Å². The first-order valence-electron chi connectivity index (χ1n) is 7.77. The van der Waals surface area contributed by atoms with Gasteiger partial charge in [-0.1, -0.05) is 30.3 Å². The minimum Gasteiger partial charge on any atom is -0.407 e. The summed E-state index contributed by atoms with van der Waals surface area (Å²) in [4.78, 5) is 25.6. The molecule has 0 aliphatic heterocycles. The summed E-state index contributed by atoms with van der Waals surface area (Å²) in [5.41, 5.74) is 0.847. The van der Waals surface area contributed by atoms with Gasteiger partial charge < -0.3 is 4.42 Å². The molecule has 1 saturated carbocycles. The lowest BCUT2D eigenvalue weighted by Crippen LogP contribution is -2.44. The summed E-state index contributed by atoms with van der Waals surface area (Å²) >= 11 is 0. The predicted molar refractivity (Wildman–Crippen MR) is 90.5 cm³/mol. The fourth-order valence-corrected chi connectivity index (χ4v) is 4.75. The molecule has 24 heavy (non-hydrogen) atoms. The van der Waals surface area contributed by atoms with Crippen LogP contribution in [0.2, 0.25) is 0 Å². The van der Waals surface area contributed by atoms with Gasteiger partial charge >= 0.3 is 5.76 Å². The van der Waals surface area contributed by atoms with E-state index in [1.165, 1.54) is 0 Å². The molecule has 0 spiro atoms. The number of aromatic nitrogens is 1. The van der Waals surface area contributed by atoms with Crippen LogP contribution in [0.5, 0.6) is 0 Å². The van der Waals surface area contributed by atoms with Crippen LogP contribution in [0.25, 0.3) is 11.1 Å². The number of benzene rings is 2. The molecule has 122 valence electrons. The third kappa shape index (κ3) is 2.34. The van der Waals surface area contributed by atoms with Gasteiger partial charge in [0.15, 0.2) is 5.58 Å². The summed E-state index contributed by atoms with van der Waals surface area (Å²) in [6, 6.07) is 16.0. The highest BCUT2D eigenvalue weighted by Crippen LogP contribution is 2.36. The van der Waals surface area contributed by atoms with Gasteiger partial charge in [0, 0.05) is 4.90 Å². The van der Waals surface area contributed by atoms with E-state index >= 15 is 0 Å². The van der Waals surface area contributed by atoms with Gasteiger partial charge in [-0.25, -0.2) is 9.36 Å². The third-order valence-corrected chi connectivity index (χ3v) is 6.34. The van der Waals surface area contributed by atoms with Crippen molar-refractivity contribution in [1.29, 1.82) is 0 Å². The van der Waals surface area contributed by atoms with E-state index in [2.05, 4.69) is 0 Å². The first-order chi connectivity index (χ1) is 11.7. The Bertz CT molecular complexity index is 989. The SMILES string of the molecule is O=C([C@H]1CC[C@@H]1[S@](=O)c1ccccc1)n1c(=O)oc2ccccc21. The van der Waals surface area contributed by atoms with Crippen LogP contribution in [0.15, 0.2) is 68.7 Å². The van der Waals surface area contributed by atoms with E-state index in [9.17, 15) is 13.8 Å². The zero-order chi connectivity index (χ0) is 16.7. The first kappa shape index (κ1) is 15.1. The van der Waals surface area contributed by atoms with Crippen LogP contribution in [-0.4, -0.2) is 19.9 Å². The Morgan fingerprint density at radius 2 is 1.75 bits per heavy atom. The molecule has 2 aromatic carbocycles. The van der Waals surface area contributed by atoms with Crippen LogP contribution >= 0.6 is 0 Å². The maximum Gasteiger partial charge on any atom is 0.426 e. The van der Waals surface area contributed by atoms with Gasteiger partial charge in [-0.15, -0.1) is 0 Å². The molecule has 5 nitrogen and oxygen atoms in total. The fraction of sp³-hybridized carbons (Fsp3) is 0.222. The Morgan fingerprint density at radius 3 is 2.46 bits per heavy atom. The number of fused-ring (bicyclic) bond motifs is 1. The second-order valence-electron chi connectivity index (χ2n) is 5.84. The van der Waals surface area contributed by atoms with Crippen molar-refractivity contribution in [1.82, 2.24) is 4.57 Å². The highest BCUT2D eigenvalue weighted by Gasteiger charge is 2.42. The van der Waals surface area contributed by atoms with E-state index in [-0.39, 0.29) is 11.2 Å². The smallest absolute Gasteiger partial charge is 0.407 e. The predicted octanol–water partition coefficient (Wildman–Crippen LogP) is 2.82. The Balaban J connectivity index is 1.66. The molecule has 0 amide bonds. The molecule has 1 aliphatic carbocycles. The standard InChI is InChI=1S/C18H15NO4S/c20-17(19-14-8-4-5-9-15(14)23-18(19)21)13-10-11-16(13)24(22)12-6-2-1-3-7-12/h1-9,13,16H,10-11H2/t13-,16-,24+/m0/s1. The van der Waals surface area contributed by atoms with Gasteiger partial charge in [0.05, 0.1) is 27.5 Å². The lowest BCUT2D eigenvalue weighted by molar-refractivity contribution is 0.0768. The van der Waals surface area contributed by atoms with E-state index in [4.69, 9.17) is 4.42 Å². The first-order valence-corrected chi connectivity index (χ1v) is 8.98. The minimum absolute atomic E-state index is 0.263. The molecule has 1 aliphatic rings. The molecular formula is C18H15NO4S. The van der Waals surface area contributed by atoms with Crippen molar-refractivity contribution in [2.45, 2.75) is 23.0 Å². The molecular weight excluding hydrogens is 326 g/mol. The van der Waals surface area contributed by atoms with Gasteiger partial charge in [-0.05, 0) is 37.1 Å². The number of hydrogen-bond donors (Lipinski definition) is 0. The summed E-state index contributed by atoms with van der Waals surface area (Å²) in [5, 5.41) is -0.263. The number of hydrogen-bond acceptors (Lipinski definition) is 4. The summed E-state index contributed by atoms with van der Waals surface area (Å²) in [6.07, 6.45) is 1.34. The van der Waals surface area contributed by atoms with Crippen molar-refractivity contribution in [3.63, 3.8) is 0 Å². The van der Waals surface area contributed by atoms with E-state index in [1.54, 1.807) is 36.4 Å². The van der Waals surface area contributed by atoms with Crippen LogP contribution < -0.4 is 5.76 Å². The second-order valence-corrected chi connectivity index (χ2v) is 7.51. The van der Waals surface area contributed by atoms with Gasteiger partial charge in [0.1, 0.15) is 0 Å². The molecule has 0 saturated heterocycles. The van der Waals surface area contributed by atoms with Gasteiger partial charge in [0.25, 0.3) is 0 Å². The number of carbonyl (C=O) groups excluding carboxylic acids is 1. The molecule has 1 aromatic heterocycles. The average molecular weight is 341 g/mol. The van der Waals surface area contributed by atoms with E-state index in [1.807, 2.05) is 18.2 Å². The van der Waals surface area contributed by atoms with Gasteiger partial charge in [0.2, 0.25) is 5.91 Å². The Kier molecular flexibility index (Phi) is 3.69. The van der Waals surface area contributed by atoms with Crippen molar-refractivity contribution in [2.24, 2.45) is 5.92 Å². The maximum absolute atomic E-state index is 12.8. The highest BCUT2D eigenvalue weighted by molar-refractivity contribution is 7.85. The zero-order valence-electron chi connectivity index (χ0n) is 12.8. The molecule has 0 radical (unpaired) electrons. The highest BCUT2D eigenvalue weighted by atomic mass is 32.2. The molecule has 6 heteroatoms. The van der Waals surface area contributed by atoms with Gasteiger partial charge in [-0.2, -0.15) is 0 Å². The van der Waals surface area contributed by atoms with Crippen LogP contribution in [0.4, 0.5) is 0 Å². The second kappa shape index (κ2) is 5.87. The molecule has 3 atom stereocenters. The number of nitrogens with zero attached hydrogens (tertiary/aromatic N) is 1. The van der Waals surface area contributed by atoms with Crippen molar-refractivity contribution < 1.29 is 13.4 Å². The Labute approximate surface area is 140 Å². The molecule has 3 aromatic rings. The minimum atomic E-state index is -1.26. The van der Waals surface area contributed by atoms with Crippen molar-refractivity contribution in [3.05, 3.63) is 65.1 Å². The van der Waals surface area contributed by atoms with Crippen LogP contribution in [0.1, 0.15) is 17.6 Å². The molecule has 0 bridgehead atoms. The Morgan fingerprint density at radius 1 is 1.04 bits per heavy atom. The molecule has 1 fully saturated rings. The lowest BCUT2D eigenvalue weighted by Gasteiger charge is -2.34. The van der Waals surface area contributed by atoms with Crippen molar-refractivity contribution >= 4 is 27.8 Å². The third-order valence-electron chi connectivity index (χ3n) is 4.49. The quantitative estimate of drug-likeness (QED) is 0.734. The normalized spacial score (nSPS) is 21.3. The topological polar surface area (TPSA) is 69.3 Å². The Hall–Kier alpha value is -2.47. The molecule has 0 unspecified atom stereocenters. The summed E-state index contributed by atoms with van der Waals surface area (Å²) in [7, 11) is -1.26. The van der Waals surface area contributed by atoms with Crippen LogP contribution in [0, 0.1) is 5.92 Å². The number of carbonyl (C=O) groups is 1. The molecule has 1 heterocycles. The van der Waals surface area contributed by atoms with E-state index in [0.29, 0.717) is 28.8 Å². The van der Waals surface area contributed by atoms with E-state index < -0.39 is 22.5 Å². The van der Waals surface area contributed by atoms with Crippen LogP contribution in [-0.2, 0) is 10.8 Å². The summed E-state index contributed by atoms with van der Waals surface area (Å²) in [5.74, 6) is -1.44. The van der Waals surface area contributed by atoms with Gasteiger partial charge in [-0.3, -0.25) is 9.00 Å². The average Bonchev–Trinajstić information content (AvgIpc) is 2.90. The van der Waals surface area contributed by atoms with Crippen molar-refractivity contribution in [2.75, 3.05) is 0 Å². The largest absolute Gasteiger partial charge is 0.426 e.